The Hall–Kier alpha value is -1.46. The number of halogens is 1. The molecule has 1 saturated heterocycles. The monoisotopic (exact) mass is 291 g/mol. The highest BCUT2D eigenvalue weighted by Crippen LogP contribution is 2.14. The topological polar surface area (TPSA) is 45.2 Å². The minimum Gasteiger partial charge on any atom is -0.338 e. The molecular formula is C14H18ClN5. The molecule has 1 aliphatic heterocycles. The Bertz CT molecular complexity index is 576. The van der Waals surface area contributed by atoms with Gasteiger partial charge in [-0.05, 0) is 25.1 Å². The van der Waals surface area contributed by atoms with E-state index in [1.165, 1.54) is 0 Å². The quantitative estimate of drug-likeness (QED) is 0.807. The molecule has 0 saturated carbocycles. The number of para-hydroxylation sites is 1. The predicted octanol–water partition coefficient (Wildman–Crippen LogP) is 1.78. The van der Waals surface area contributed by atoms with E-state index >= 15 is 0 Å². The summed E-state index contributed by atoms with van der Waals surface area (Å²) in [6.07, 6.45) is 1.10. The maximum atomic E-state index is 5.82. The standard InChI is InChI=1S/C14H18ClN5/c15-6-9-19-7-3-8-20(11-10-19)14-16-12-4-1-2-5-13(12)17-18-14/h1-2,4-5H,3,6-11H2. The van der Waals surface area contributed by atoms with Crippen LogP contribution in [0.1, 0.15) is 6.42 Å². The number of hydrogen-bond donors (Lipinski definition) is 0. The molecule has 1 aromatic carbocycles. The van der Waals surface area contributed by atoms with Crippen LogP contribution >= 0.6 is 11.6 Å². The van der Waals surface area contributed by atoms with Crippen LogP contribution < -0.4 is 4.90 Å². The Morgan fingerprint density at radius 2 is 1.85 bits per heavy atom. The maximum Gasteiger partial charge on any atom is 0.245 e. The number of anilines is 1. The van der Waals surface area contributed by atoms with Crippen molar-refractivity contribution in [2.45, 2.75) is 6.42 Å². The van der Waals surface area contributed by atoms with E-state index in [1.807, 2.05) is 24.3 Å². The molecule has 1 fully saturated rings. The molecule has 6 heteroatoms. The summed E-state index contributed by atoms with van der Waals surface area (Å²) in [7, 11) is 0. The third-order valence-electron chi connectivity index (χ3n) is 3.62. The third kappa shape index (κ3) is 2.99. The van der Waals surface area contributed by atoms with Crippen LogP contribution in [0.3, 0.4) is 0 Å². The van der Waals surface area contributed by atoms with Crippen molar-refractivity contribution in [3.8, 4) is 0 Å². The predicted molar refractivity (Wildman–Crippen MR) is 81.3 cm³/mol. The first-order valence-electron chi connectivity index (χ1n) is 6.99. The summed E-state index contributed by atoms with van der Waals surface area (Å²) in [5, 5.41) is 8.52. The number of nitrogens with zero attached hydrogens (tertiary/aromatic N) is 5. The lowest BCUT2D eigenvalue weighted by molar-refractivity contribution is 0.311. The number of benzene rings is 1. The van der Waals surface area contributed by atoms with Crippen molar-refractivity contribution >= 4 is 28.6 Å². The second-order valence-electron chi connectivity index (χ2n) is 4.97. The SMILES string of the molecule is ClCCN1CCCN(c2nnc3ccccc3n2)CC1. The summed E-state index contributed by atoms with van der Waals surface area (Å²) < 4.78 is 0. The van der Waals surface area contributed by atoms with Crippen LogP contribution in [-0.2, 0) is 0 Å². The largest absolute Gasteiger partial charge is 0.338 e. The summed E-state index contributed by atoms with van der Waals surface area (Å²) in [4.78, 5) is 9.23. The molecule has 0 amide bonds. The smallest absolute Gasteiger partial charge is 0.245 e. The van der Waals surface area contributed by atoms with Crippen LogP contribution in [0.5, 0.6) is 0 Å². The van der Waals surface area contributed by atoms with Crippen molar-refractivity contribution < 1.29 is 0 Å². The van der Waals surface area contributed by atoms with E-state index in [4.69, 9.17) is 11.6 Å². The molecule has 5 nitrogen and oxygen atoms in total. The molecule has 1 aromatic heterocycles. The molecule has 2 aromatic rings. The third-order valence-corrected chi connectivity index (χ3v) is 3.79. The molecule has 0 bridgehead atoms. The van der Waals surface area contributed by atoms with Gasteiger partial charge in [0.05, 0.1) is 5.52 Å². The second-order valence-corrected chi connectivity index (χ2v) is 5.35. The van der Waals surface area contributed by atoms with E-state index in [0.29, 0.717) is 5.88 Å². The van der Waals surface area contributed by atoms with E-state index in [2.05, 4.69) is 25.0 Å². The van der Waals surface area contributed by atoms with Gasteiger partial charge in [-0.1, -0.05) is 12.1 Å². The zero-order valence-corrected chi connectivity index (χ0v) is 12.1. The van der Waals surface area contributed by atoms with E-state index in [0.717, 1.165) is 56.1 Å². The Labute approximate surface area is 123 Å². The first-order valence-corrected chi connectivity index (χ1v) is 7.53. The summed E-state index contributed by atoms with van der Waals surface area (Å²) in [5.41, 5.74) is 1.74. The summed E-state index contributed by atoms with van der Waals surface area (Å²) >= 11 is 5.82. The van der Waals surface area contributed by atoms with Crippen molar-refractivity contribution in [1.82, 2.24) is 20.1 Å². The molecule has 0 N–H and O–H groups in total. The number of hydrogen-bond acceptors (Lipinski definition) is 5. The Kier molecular flexibility index (Phi) is 4.28. The highest BCUT2D eigenvalue weighted by molar-refractivity contribution is 6.18. The minimum atomic E-state index is 0.689. The Balaban J connectivity index is 1.77. The van der Waals surface area contributed by atoms with E-state index in [1.54, 1.807) is 0 Å². The molecule has 20 heavy (non-hydrogen) atoms. The number of alkyl halides is 1. The molecule has 2 heterocycles. The van der Waals surface area contributed by atoms with Crippen LogP contribution in [0.25, 0.3) is 11.0 Å². The van der Waals surface area contributed by atoms with E-state index in [-0.39, 0.29) is 0 Å². The van der Waals surface area contributed by atoms with Gasteiger partial charge in [-0.15, -0.1) is 21.8 Å². The Morgan fingerprint density at radius 1 is 1.00 bits per heavy atom. The van der Waals surface area contributed by atoms with Gasteiger partial charge < -0.3 is 9.80 Å². The van der Waals surface area contributed by atoms with E-state index in [9.17, 15) is 0 Å². The minimum absolute atomic E-state index is 0.689. The van der Waals surface area contributed by atoms with Crippen LogP contribution in [-0.4, -0.2) is 58.7 Å². The summed E-state index contributed by atoms with van der Waals surface area (Å²) in [5.74, 6) is 1.42. The first kappa shape index (κ1) is 13.5. The molecule has 0 radical (unpaired) electrons. The lowest BCUT2D eigenvalue weighted by atomic mass is 10.3. The number of rotatable bonds is 3. The lowest BCUT2D eigenvalue weighted by Crippen LogP contribution is -2.32. The molecule has 3 rings (SSSR count). The highest BCUT2D eigenvalue weighted by Gasteiger charge is 2.17. The summed E-state index contributed by atoms with van der Waals surface area (Å²) in [6, 6.07) is 7.84. The van der Waals surface area contributed by atoms with Crippen molar-refractivity contribution in [3.63, 3.8) is 0 Å². The van der Waals surface area contributed by atoms with Gasteiger partial charge in [-0.2, -0.15) is 0 Å². The van der Waals surface area contributed by atoms with Crippen molar-refractivity contribution in [3.05, 3.63) is 24.3 Å². The fourth-order valence-electron chi connectivity index (χ4n) is 2.52. The highest BCUT2D eigenvalue weighted by atomic mass is 35.5. The van der Waals surface area contributed by atoms with Crippen molar-refractivity contribution in [2.75, 3.05) is 43.5 Å². The van der Waals surface area contributed by atoms with Gasteiger partial charge in [0.15, 0.2) is 0 Å². The van der Waals surface area contributed by atoms with Gasteiger partial charge in [-0.25, -0.2) is 4.98 Å². The molecular weight excluding hydrogens is 274 g/mol. The fraction of sp³-hybridized carbons (Fsp3) is 0.500. The second kappa shape index (κ2) is 6.33. The van der Waals surface area contributed by atoms with Gasteiger partial charge >= 0.3 is 0 Å². The van der Waals surface area contributed by atoms with Gasteiger partial charge in [-0.3, -0.25) is 0 Å². The number of fused-ring (bicyclic) bond motifs is 1. The van der Waals surface area contributed by atoms with Crippen LogP contribution in [0.2, 0.25) is 0 Å². The van der Waals surface area contributed by atoms with Gasteiger partial charge in [0, 0.05) is 32.1 Å². The molecule has 106 valence electrons. The van der Waals surface area contributed by atoms with E-state index < -0.39 is 0 Å². The van der Waals surface area contributed by atoms with Crippen LogP contribution in [0, 0.1) is 0 Å². The molecule has 1 aliphatic rings. The average Bonchev–Trinajstić information content (AvgIpc) is 2.73. The van der Waals surface area contributed by atoms with Crippen molar-refractivity contribution in [2.24, 2.45) is 0 Å². The number of aromatic nitrogens is 3. The zero-order chi connectivity index (χ0) is 13.8. The zero-order valence-electron chi connectivity index (χ0n) is 11.4. The maximum absolute atomic E-state index is 5.82. The first-order chi connectivity index (χ1) is 9.86. The molecule has 0 unspecified atom stereocenters. The Morgan fingerprint density at radius 3 is 2.70 bits per heavy atom. The summed E-state index contributed by atoms with van der Waals surface area (Å²) in [6.45, 7) is 4.94. The normalized spacial score (nSPS) is 17.4. The molecule has 0 aliphatic carbocycles. The molecule has 0 spiro atoms. The van der Waals surface area contributed by atoms with Gasteiger partial charge in [0.1, 0.15) is 5.52 Å². The van der Waals surface area contributed by atoms with Crippen LogP contribution in [0.4, 0.5) is 5.95 Å². The fourth-order valence-corrected chi connectivity index (χ4v) is 2.76. The molecule has 0 atom stereocenters. The average molecular weight is 292 g/mol. The van der Waals surface area contributed by atoms with Crippen LogP contribution in [0.15, 0.2) is 24.3 Å². The van der Waals surface area contributed by atoms with Crippen molar-refractivity contribution in [1.29, 1.82) is 0 Å². The van der Waals surface area contributed by atoms with Gasteiger partial charge in [0.25, 0.3) is 0 Å². The van der Waals surface area contributed by atoms with Gasteiger partial charge in [0.2, 0.25) is 5.95 Å². The lowest BCUT2D eigenvalue weighted by Gasteiger charge is -2.21.